The summed E-state index contributed by atoms with van der Waals surface area (Å²) in [6, 6.07) is 4.18. The third-order valence-corrected chi connectivity index (χ3v) is 3.19. The fraction of sp³-hybridized carbons (Fsp3) is 0.583. The Hall–Kier alpha value is -1.10. The van der Waals surface area contributed by atoms with E-state index in [1.807, 2.05) is 0 Å². The van der Waals surface area contributed by atoms with E-state index in [1.165, 1.54) is 6.07 Å². The summed E-state index contributed by atoms with van der Waals surface area (Å²) in [5.41, 5.74) is 5.55. The molecule has 0 spiro atoms. The molecule has 1 saturated carbocycles. The quantitative estimate of drug-likeness (QED) is 0.824. The van der Waals surface area contributed by atoms with E-state index in [9.17, 15) is 13.2 Å². The van der Waals surface area contributed by atoms with Crippen molar-refractivity contribution in [2.24, 2.45) is 5.73 Å². The molecule has 2 unspecified atom stereocenters. The Morgan fingerprint density at radius 3 is 2.65 bits per heavy atom. The van der Waals surface area contributed by atoms with Crippen molar-refractivity contribution in [3.8, 4) is 0 Å². The third kappa shape index (κ3) is 2.97. The predicted molar refractivity (Wildman–Crippen MR) is 58.4 cm³/mol. The minimum Gasteiger partial charge on any atom is -0.328 e. The molecular weight excluding hydrogens is 229 g/mol. The molecule has 0 bridgehead atoms. The summed E-state index contributed by atoms with van der Waals surface area (Å²) < 4.78 is 37.6. The maximum absolute atomic E-state index is 12.5. The first-order valence-corrected chi connectivity index (χ1v) is 5.76. The molecule has 0 radical (unpaired) electrons. The lowest BCUT2D eigenvalue weighted by molar-refractivity contribution is -0.141. The lowest BCUT2D eigenvalue weighted by atomic mass is 9.84. The van der Waals surface area contributed by atoms with Crippen molar-refractivity contribution in [1.82, 2.24) is 4.98 Å². The molecule has 1 fully saturated rings. The number of hydrogen-bond donors (Lipinski definition) is 1. The average molecular weight is 244 g/mol. The van der Waals surface area contributed by atoms with Gasteiger partial charge < -0.3 is 5.73 Å². The SMILES string of the molecule is NC1CCCC(c2cccc(C(F)(F)F)n2)C1. The van der Waals surface area contributed by atoms with E-state index >= 15 is 0 Å². The van der Waals surface area contributed by atoms with Gasteiger partial charge in [-0.3, -0.25) is 0 Å². The van der Waals surface area contributed by atoms with Crippen LogP contribution in [0, 0.1) is 0 Å². The Morgan fingerprint density at radius 2 is 2.00 bits per heavy atom. The standard InChI is InChI=1S/C12H15F3N2/c13-12(14,15)11-6-2-5-10(17-11)8-3-1-4-9(16)7-8/h2,5-6,8-9H,1,3-4,7,16H2. The van der Waals surface area contributed by atoms with Crippen LogP contribution in [0.3, 0.4) is 0 Å². The first-order chi connectivity index (χ1) is 7.97. The van der Waals surface area contributed by atoms with E-state index in [-0.39, 0.29) is 12.0 Å². The van der Waals surface area contributed by atoms with Crippen LogP contribution in [0.15, 0.2) is 18.2 Å². The number of alkyl halides is 3. The molecule has 0 saturated heterocycles. The Balaban J connectivity index is 2.21. The summed E-state index contributed by atoms with van der Waals surface area (Å²) in [5.74, 6) is 0.0704. The second-order valence-corrected chi connectivity index (χ2v) is 4.57. The van der Waals surface area contributed by atoms with Crippen LogP contribution in [-0.2, 0) is 6.18 Å². The van der Waals surface area contributed by atoms with Gasteiger partial charge in [-0.2, -0.15) is 13.2 Å². The van der Waals surface area contributed by atoms with Gasteiger partial charge in [-0.1, -0.05) is 12.5 Å². The lowest BCUT2D eigenvalue weighted by Crippen LogP contribution is -2.27. The van der Waals surface area contributed by atoms with E-state index in [2.05, 4.69) is 4.98 Å². The molecule has 1 aromatic rings. The number of nitrogens with two attached hydrogens (primary N) is 1. The molecule has 17 heavy (non-hydrogen) atoms. The van der Waals surface area contributed by atoms with Gasteiger partial charge in [0.25, 0.3) is 0 Å². The molecule has 0 aliphatic heterocycles. The van der Waals surface area contributed by atoms with Gasteiger partial charge in [-0.15, -0.1) is 0 Å². The van der Waals surface area contributed by atoms with Crippen LogP contribution in [0.4, 0.5) is 13.2 Å². The number of hydrogen-bond acceptors (Lipinski definition) is 2. The van der Waals surface area contributed by atoms with Gasteiger partial charge in [0.2, 0.25) is 0 Å². The first-order valence-electron chi connectivity index (χ1n) is 5.76. The molecule has 1 aromatic heterocycles. The van der Waals surface area contributed by atoms with Gasteiger partial charge in [0.15, 0.2) is 0 Å². The Bertz CT molecular complexity index is 390. The Kier molecular flexibility index (Phi) is 3.38. The van der Waals surface area contributed by atoms with Gasteiger partial charge in [0.05, 0.1) is 0 Å². The largest absolute Gasteiger partial charge is 0.433 e. The predicted octanol–water partition coefficient (Wildman–Crippen LogP) is 3.09. The monoisotopic (exact) mass is 244 g/mol. The molecule has 2 nitrogen and oxygen atoms in total. The van der Waals surface area contributed by atoms with E-state index in [0.717, 1.165) is 31.7 Å². The van der Waals surface area contributed by atoms with Crippen molar-refractivity contribution in [3.05, 3.63) is 29.6 Å². The molecule has 94 valence electrons. The van der Waals surface area contributed by atoms with Gasteiger partial charge in [-0.05, 0) is 31.4 Å². The summed E-state index contributed by atoms with van der Waals surface area (Å²) in [6.45, 7) is 0. The average Bonchev–Trinajstić information content (AvgIpc) is 2.28. The smallest absolute Gasteiger partial charge is 0.328 e. The van der Waals surface area contributed by atoms with Crippen molar-refractivity contribution in [1.29, 1.82) is 0 Å². The molecule has 1 aliphatic carbocycles. The zero-order valence-corrected chi connectivity index (χ0v) is 9.37. The topological polar surface area (TPSA) is 38.9 Å². The van der Waals surface area contributed by atoms with Gasteiger partial charge in [0.1, 0.15) is 5.69 Å². The van der Waals surface area contributed by atoms with E-state index in [1.54, 1.807) is 6.07 Å². The minimum absolute atomic E-state index is 0.0704. The highest BCUT2D eigenvalue weighted by Gasteiger charge is 2.33. The van der Waals surface area contributed by atoms with Crippen molar-refractivity contribution in [3.63, 3.8) is 0 Å². The molecule has 2 N–H and O–H groups in total. The Labute approximate surface area is 98.0 Å². The zero-order chi connectivity index (χ0) is 12.5. The normalized spacial score (nSPS) is 25.9. The fourth-order valence-electron chi connectivity index (χ4n) is 2.33. The van der Waals surface area contributed by atoms with Crippen molar-refractivity contribution in [2.45, 2.75) is 43.8 Å². The number of pyridine rings is 1. The van der Waals surface area contributed by atoms with Crippen molar-refractivity contribution < 1.29 is 13.2 Å². The number of rotatable bonds is 1. The van der Waals surface area contributed by atoms with Crippen LogP contribution in [-0.4, -0.2) is 11.0 Å². The summed E-state index contributed by atoms with van der Waals surface area (Å²) in [5, 5.41) is 0. The van der Waals surface area contributed by atoms with Gasteiger partial charge in [0, 0.05) is 17.7 Å². The van der Waals surface area contributed by atoms with Crippen LogP contribution in [0.25, 0.3) is 0 Å². The summed E-state index contributed by atoms with van der Waals surface area (Å²) in [4.78, 5) is 3.72. The van der Waals surface area contributed by atoms with E-state index in [0.29, 0.717) is 5.69 Å². The summed E-state index contributed by atoms with van der Waals surface area (Å²) in [7, 11) is 0. The third-order valence-electron chi connectivity index (χ3n) is 3.19. The van der Waals surface area contributed by atoms with E-state index < -0.39 is 11.9 Å². The number of nitrogens with zero attached hydrogens (tertiary/aromatic N) is 1. The first kappa shape index (κ1) is 12.4. The van der Waals surface area contributed by atoms with Gasteiger partial charge in [-0.25, -0.2) is 4.98 Å². The highest BCUT2D eigenvalue weighted by atomic mass is 19.4. The molecule has 2 atom stereocenters. The molecule has 1 aliphatic rings. The summed E-state index contributed by atoms with van der Waals surface area (Å²) in [6.07, 6.45) is -0.845. The van der Waals surface area contributed by atoms with Crippen molar-refractivity contribution in [2.75, 3.05) is 0 Å². The maximum Gasteiger partial charge on any atom is 0.433 e. The minimum atomic E-state index is -4.37. The second-order valence-electron chi connectivity index (χ2n) is 4.57. The van der Waals surface area contributed by atoms with Crippen LogP contribution in [0.1, 0.15) is 43.0 Å². The Morgan fingerprint density at radius 1 is 1.24 bits per heavy atom. The van der Waals surface area contributed by atoms with Crippen molar-refractivity contribution >= 4 is 0 Å². The molecule has 1 heterocycles. The molecule has 0 amide bonds. The van der Waals surface area contributed by atoms with Crippen LogP contribution < -0.4 is 5.73 Å². The zero-order valence-electron chi connectivity index (χ0n) is 9.37. The molecular formula is C12H15F3N2. The summed E-state index contributed by atoms with van der Waals surface area (Å²) >= 11 is 0. The fourth-order valence-corrected chi connectivity index (χ4v) is 2.33. The molecule has 5 heteroatoms. The van der Waals surface area contributed by atoms with Crippen LogP contribution in [0.2, 0.25) is 0 Å². The molecule has 0 aromatic carbocycles. The molecule has 2 rings (SSSR count). The van der Waals surface area contributed by atoms with Crippen LogP contribution in [0.5, 0.6) is 0 Å². The van der Waals surface area contributed by atoms with Crippen LogP contribution >= 0.6 is 0 Å². The maximum atomic E-state index is 12.5. The highest BCUT2D eigenvalue weighted by Crippen LogP contribution is 2.33. The number of halogens is 3. The van der Waals surface area contributed by atoms with Gasteiger partial charge >= 0.3 is 6.18 Å². The second kappa shape index (κ2) is 4.64. The number of aromatic nitrogens is 1. The lowest BCUT2D eigenvalue weighted by Gasteiger charge is -2.26. The highest BCUT2D eigenvalue weighted by molar-refractivity contribution is 5.17. The van der Waals surface area contributed by atoms with E-state index in [4.69, 9.17) is 5.73 Å².